The number of hydrogen-bond donors (Lipinski definition) is 0. The summed E-state index contributed by atoms with van der Waals surface area (Å²) in [6.45, 7) is 2.51. The first kappa shape index (κ1) is 14.4. The second-order valence-corrected chi connectivity index (χ2v) is 6.65. The number of carbonyl (C=O) groups is 4. The van der Waals surface area contributed by atoms with Crippen LogP contribution in [0.2, 0.25) is 0 Å². The predicted octanol–water partition coefficient (Wildman–Crippen LogP) is 0.432. The van der Waals surface area contributed by atoms with Crippen molar-refractivity contribution >= 4 is 23.9 Å². The van der Waals surface area contributed by atoms with Gasteiger partial charge >= 0.3 is 23.9 Å². The SMILES string of the molecule is CC(=O)OC(OC(C)=O)C1[C@@H]2[C@@H]3C=C[C@@H]([C@H]4C(=O)OC(=O)[C@@H]34)[C@H]12. The third-order valence-electron chi connectivity index (χ3n) is 5.48. The van der Waals surface area contributed by atoms with E-state index in [2.05, 4.69) is 0 Å². The molecule has 0 aromatic heterocycles. The summed E-state index contributed by atoms with van der Waals surface area (Å²) in [5.74, 6) is -3.24. The summed E-state index contributed by atoms with van der Waals surface area (Å²) in [7, 11) is 0. The van der Waals surface area contributed by atoms with Gasteiger partial charge in [0.05, 0.1) is 11.8 Å². The van der Waals surface area contributed by atoms with E-state index >= 15 is 0 Å². The van der Waals surface area contributed by atoms with Gasteiger partial charge < -0.3 is 14.2 Å². The lowest BCUT2D eigenvalue weighted by molar-refractivity contribution is -0.190. The molecule has 5 aliphatic rings. The van der Waals surface area contributed by atoms with E-state index in [1.807, 2.05) is 12.2 Å². The van der Waals surface area contributed by atoms with E-state index in [0.29, 0.717) is 0 Å². The minimum absolute atomic E-state index is 0.0633. The Balaban J connectivity index is 1.62. The van der Waals surface area contributed by atoms with Crippen LogP contribution < -0.4 is 0 Å². The largest absolute Gasteiger partial charge is 0.425 e. The van der Waals surface area contributed by atoms with Crippen LogP contribution in [0.1, 0.15) is 13.8 Å². The summed E-state index contributed by atoms with van der Waals surface area (Å²) in [4.78, 5) is 46.5. The average molecular weight is 320 g/mol. The highest BCUT2D eigenvalue weighted by molar-refractivity contribution is 5.98. The van der Waals surface area contributed by atoms with Crippen molar-refractivity contribution in [1.82, 2.24) is 0 Å². The number of carbonyl (C=O) groups excluding carboxylic acids is 4. The first-order valence-corrected chi connectivity index (χ1v) is 7.68. The molecule has 7 heteroatoms. The zero-order chi connectivity index (χ0) is 16.5. The molecule has 3 fully saturated rings. The van der Waals surface area contributed by atoms with Gasteiger partial charge in [-0.2, -0.15) is 0 Å². The van der Waals surface area contributed by atoms with E-state index in [1.54, 1.807) is 0 Å². The minimum atomic E-state index is -0.963. The lowest BCUT2D eigenvalue weighted by Gasteiger charge is -2.36. The second kappa shape index (κ2) is 4.66. The summed E-state index contributed by atoms with van der Waals surface area (Å²) >= 11 is 0. The van der Waals surface area contributed by atoms with Gasteiger partial charge in [0.2, 0.25) is 0 Å². The molecule has 1 heterocycles. The Hall–Kier alpha value is -2.18. The lowest BCUT2D eigenvalue weighted by atomic mass is 9.63. The number of hydrogen-bond acceptors (Lipinski definition) is 7. The third-order valence-corrected chi connectivity index (χ3v) is 5.48. The highest BCUT2D eigenvalue weighted by atomic mass is 16.7. The monoisotopic (exact) mass is 320 g/mol. The van der Waals surface area contributed by atoms with Crippen LogP contribution in [0.5, 0.6) is 0 Å². The van der Waals surface area contributed by atoms with Crippen LogP contribution >= 0.6 is 0 Å². The van der Waals surface area contributed by atoms with Crippen LogP contribution in [0.25, 0.3) is 0 Å². The number of ether oxygens (including phenoxy) is 3. The maximum Gasteiger partial charge on any atom is 0.318 e. The number of esters is 4. The van der Waals surface area contributed by atoms with E-state index in [1.165, 1.54) is 13.8 Å². The molecule has 0 N–H and O–H groups in total. The van der Waals surface area contributed by atoms with Gasteiger partial charge in [-0.15, -0.1) is 0 Å². The maximum absolute atomic E-state index is 12.0. The molecule has 2 bridgehead atoms. The van der Waals surface area contributed by atoms with Gasteiger partial charge in [-0.25, -0.2) is 0 Å². The molecule has 122 valence electrons. The molecule has 0 radical (unpaired) electrons. The quantitative estimate of drug-likeness (QED) is 0.322. The summed E-state index contributed by atoms with van der Waals surface area (Å²) < 4.78 is 15.1. The van der Waals surface area contributed by atoms with E-state index in [0.717, 1.165) is 0 Å². The predicted molar refractivity (Wildman–Crippen MR) is 72.0 cm³/mol. The van der Waals surface area contributed by atoms with Crippen LogP contribution in [0.4, 0.5) is 0 Å². The van der Waals surface area contributed by atoms with Gasteiger partial charge in [0.1, 0.15) is 0 Å². The molecule has 1 unspecified atom stereocenters. The van der Waals surface area contributed by atoms with Crippen LogP contribution in [0, 0.1) is 41.4 Å². The maximum atomic E-state index is 12.0. The first-order chi connectivity index (χ1) is 10.9. The Morgan fingerprint density at radius 1 is 0.957 bits per heavy atom. The van der Waals surface area contributed by atoms with Gasteiger partial charge in [0.25, 0.3) is 6.29 Å². The van der Waals surface area contributed by atoms with Crippen molar-refractivity contribution < 1.29 is 33.4 Å². The molecule has 5 rings (SSSR count). The Labute approximate surface area is 131 Å². The molecule has 1 saturated heterocycles. The first-order valence-electron chi connectivity index (χ1n) is 7.68. The van der Waals surface area contributed by atoms with Crippen molar-refractivity contribution in [2.24, 2.45) is 41.4 Å². The fourth-order valence-electron chi connectivity index (χ4n) is 4.84. The van der Waals surface area contributed by atoms with E-state index in [4.69, 9.17) is 14.2 Å². The highest BCUT2D eigenvalue weighted by Crippen LogP contribution is 2.69. The highest BCUT2D eigenvalue weighted by Gasteiger charge is 2.73. The summed E-state index contributed by atoms with van der Waals surface area (Å²) in [6, 6.07) is 0. The van der Waals surface area contributed by atoms with Gasteiger partial charge in [-0.3, -0.25) is 19.2 Å². The normalized spacial score (nSPS) is 42.1. The molecule has 0 amide bonds. The van der Waals surface area contributed by atoms with Crippen LogP contribution in [0.3, 0.4) is 0 Å². The zero-order valence-electron chi connectivity index (χ0n) is 12.6. The fraction of sp³-hybridized carbons (Fsp3) is 0.625. The number of cyclic esters (lactones) is 2. The molecular weight excluding hydrogens is 304 g/mol. The standard InChI is InChI=1S/C16H16O7/c1-5(17)21-16(22-6(2)18)13-9-7-3-4-8(10(9)13)12-11(7)14(19)23-15(12)20/h3-4,7-13,16H,1-2H3/t7-,8+,9+,10-,11-,12+,13?. The molecule has 0 aromatic rings. The summed E-state index contributed by atoms with van der Waals surface area (Å²) in [5, 5.41) is 0. The van der Waals surface area contributed by atoms with Gasteiger partial charge in [0.15, 0.2) is 0 Å². The van der Waals surface area contributed by atoms with Crippen molar-refractivity contribution in [1.29, 1.82) is 0 Å². The smallest absolute Gasteiger partial charge is 0.318 e. The Morgan fingerprint density at radius 3 is 1.78 bits per heavy atom. The van der Waals surface area contributed by atoms with Gasteiger partial charge in [-0.1, -0.05) is 12.2 Å². The second-order valence-electron chi connectivity index (χ2n) is 6.65. The Bertz CT molecular complexity index is 599. The van der Waals surface area contributed by atoms with Crippen molar-refractivity contribution in [3.63, 3.8) is 0 Å². The zero-order valence-corrected chi connectivity index (χ0v) is 12.6. The lowest BCUT2D eigenvalue weighted by Crippen LogP contribution is -2.40. The van der Waals surface area contributed by atoms with Crippen LogP contribution in [-0.2, 0) is 33.4 Å². The van der Waals surface area contributed by atoms with Crippen LogP contribution in [0.15, 0.2) is 12.2 Å². The van der Waals surface area contributed by atoms with Crippen molar-refractivity contribution in [3.8, 4) is 0 Å². The Morgan fingerprint density at radius 2 is 1.39 bits per heavy atom. The minimum Gasteiger partial charge on any atom is -0.425 e. The topological polar surface area (TPSA) is 96.0 Å². The molecule has 2 saturated carbocycles. The molecule has 0 aromatic carbocycles. The molecular formula is C16H16O7. The van der Waals surface area contributed by atoms with E-state index in [9.17, 15) is 19.2 Å². The van der Waals surface area contributed by atoms with Crippen molar-refractivity contribution in [2.45, 2.75) is 20.1 Å². The van der Waals surface area contributed by atoms with Crippen molar-refractivity contribution in [2.75, 3.05) is 0 Å². The average Bonchev–Trinajstić information content (AvgIpc) is 3.14. The molecule has 23 heavy (non-hydrogen) atoms. The molecule has 0 spiro atoms. The molecule has 1 aliphatic heterocycles. The number of rotatable bonds is 3. The van der Waals surface area contributed by atoms with E-state index in [-0.39, 0.29) is 29.6 Å². The third kappa shape index (κ3) is 1.95. The summed E-state index contributed by atoms with van der Waals surface area (Å²) in [5.41, 5.74) is 0. The molecule has 7 atom stereocenters. The van der Waals surface area contributed by atoms with Gasteiger partial charge in [0, 0.05) is 19.8 Å². The number of allylic oxidation sites excluding steroid dienone is 2. The van der Waals surface area contributed by atoms with Crippen LogP contribution in [-0.4, -0.2) is 30.2 Å². The fourth-order valence-corrected chi connectivity index (χ4v) is 4.84. The summed E-state index contributed by atoms with van der Waals surface area (Å²) in [6.07, 6.45) is 2.94. The van der Waals surface area contributed by atoms with Crippen molar-refractivity contribution in [3.05, 3.63) is 12.2 Å². The van der Waals surface area contributed by atoms with E-state index < -0.39 is 42.0 Å². The van der Waals surface area contributed by atoms with Gasteiger partial charge in [-0.05, 0) is 23.7 Å². The molecule has 7 nitrogen and oxygen atoms in total. The molecule has 4 aliphatic carbocycles. The Kier molecular flexibility index (Phi) is 2.92.